The first-order chi connectivity index (χ1) is 15.8. The molecule has 150 valence electrons. The molecule has 0 heterocycles. The van der Waals surface area contributed by atoms with Crippen LogP contribution < -0.4 is 10.4 Å². The van der Waals surface area contributed by atoms with Crippen LogP contribution in [0.5, 0.6) is 0 Å². The number of hydrogen-bond donors (Lipinski definition) is 0. The standard InChI is InChI=1S/C30H22BN/c31-27-15-21-30(22-16-27)32(28-17-11-25(12-18-28)23-7-3-1-4-8-23)29-19-13-26(14-20-29)24-9-5-2-6-10-24/h1-22H. The maximum absolute atomic E-state index is 5.95. The molecule has 5 aromatic rings. The van der Waals surface area contributed by atoms with Gasteiger partial charge in [-0.05, 0) is 58.7 Å². The van der Waals surface area contributed by atoms with Gasteiger partial charge in [0.25, 0.3) is 0 Å². The largest absolute Gasteiger partial charge is 0.311 e. The lowest BCUT2D eigenvalue weighted by molar-refractivity contribution is 1.29. The van der Waals surface area contributed by atoms with E-state index in [1.54, 1.807) is 0 Å². The summed E-state index contributed by atoms with van der Waals surface area (Å²) in [7, 11) is 5.95. The lowest BCUT2D eigenvalue weighted by Gasteiger charge is -2.26. The van der Waals surface area contributed by atoms with Gasteiger partial charge in [0.2, 0.25) is 0 Å². The molecule has 0 spiro atoms. The van der Waals surface area contributed by atoms with Crippen molar-refractivity contribution in [2.45, 2.75) is 0 Å². The summed E-state index contributed by atoms with van der Waals surface area (Å²) in [6.07, 6.45) is 0. The van der Waals surface area contributed by atoms with Crippen molar-refractivity contribution in [1.29, 1.82) is 0 Å². The molecule has 5 rings (SSSR count). The van der Waals surface area contributed by atoms with Crippen LogP contribution in [0, 0.1) is 0 Å². The van der Waals surface area contributed by atoms with Gasteiger partial charge in [-0.1, -0.05) is 103 Å². The summed E-state index contributed by atoms with van der Waals surface area (Å²) < 4.78 is 0. The van der Waals surface area contributed by atoms with E-state index in [9.17, 15) is 0 Å². The number of hydrogen-bond acceptors (Lipinski definition) is 1. The van der Waals surface area contributed by atoms with Gasteiger partial charge < -0.3 is 4.90 Å². The molecule has 0 aliphatic heterocycles. The van der Waals surface area contributed by atoms with Crippen molar-refractivity contribution in [2.24, 2.45) is 0 Å². The third-order valence-electron chi connectivity index (χ3n) is 5.62. The van der Waals surface area contributed by atoms with Gasteiger partial charge in [0, 0.05) is 17.1 Å². The third kappa shape index (κ3) is 4.21. The van der Waals surface area contributed by atoms with Crippen LogP contribution in [-0.4, -0.2) is 7.85 Å². The molecule has 0 unspecified atom stereocenters. The first-order valence-electron chi connectivity index (χ1n) is 10.7. The second-order valence-electron chi connectivity index (χ2n) is 7.75. The highest BCUT2D eigenvalue weighted by Crippen LogP contribution is 2.36. The Morgan fingerprint density at radius 2 is 0.656 bits per heavy atom. The van der Waals surface area contributed by atoms with E-state index in [1.807, 2.05) is 24.3 Å². The maximum atomic E-state index is 5.95. The maximum Gasteiger partial charge on any atom is 0.113 e. The molecular weight excluding hydrogens is 385 g/mol. The Morgan fingerprint density at radius 1 is 0.344 bits per heavy atom. The topological polar surface area (TPSA) is 3.24 Å². The number of anilines is 3. The lowest BCUT2D eigenvalue weighted by atomic mass is 9.96. The molecule has 0 amide bonds. The van der Waals surface area contributed by atoms with E-state index in [4.69, 9.17) is 7.85 Å². The van der Waals surface area contributed by atoms with E-state index in [1.165, 1.54) is 22.3 Å². The van der Waals surface area contributed by atoms with Gasteiger partial charge in [-0.25, -0.2) is 0 Å². The van der Waals surface area contributed by atoms with Crippen LogP contribution in [0.15, 0.2) is 133 Å². The monoisotopic (exact) mass is 407 g/mol. The summed E-state index contributed by atoms with van der Waals surface area (Å²) in [5, 5.41) is 0. The summed E-state index contributed by atoms with van der Waals surface area (Å²) in [5.41, 5.74) is 8.85. The molecule has 0 aliphatic rings. The van der Waals surface area contributed by atoms with Crippen molar-refractivity contribution in [1.82, 2.24) is 0 Å². The number of benzene rings is 5. The zero-order chi connectivity index (χ0) is 21.8. The summed E-state index contributed by atoms with van der Waals surface area (Å²) in [6.45, 7) is 0. The summed E-state index contributed by atoms with van der Waals surface area (Å²) in [4.78, 5) is 2.25. The Bertz CT molecular complexity index is 1190. The van der Waals surface area contributed by atoms with Gasteiger partial charge in [-0.3, -0.25) is 0 Å². The van der Waals surface area contributed by atoms with Crippen LogP contribution in [0.2, 0.25) is 0 Å². The molecule has 0 saturated heterocycles. The Labute approximate surface area is 191 Å². The molecule has 0 fully saturated rings. The zero-order valence-corrected chi connectivity index (χ0v) is 17.7. The molecule has 2 heteroatoms. The predicted octanol–water partition coefficient (Wildman–Crippen LogP) is 7.28. The molecule has 32 heavy (non-hydrogen) atoms. The van der Waals surface area contributed by atoms with Crippen LogP contribution in [0.4, 0.5) is 17.1 Å². The molecule has 0 bridgehead atoms. The van der Waals surface area contributed by atoms with Gasteiger partial charge in [-0.15, -0.1) is 0 Å². The van der Waals surface area contributed by atoms with Gasteiger partial charge >= 0.3 is 0 Å². The van der Waals surface area contributed by atoms with Crippen LogP contribution in [-0.2, 0) is 0 Å². The van der Waals surface area contributed by atoms with Crippen molar-refractivity contribution < 1.29 is 0 Å². The van der Waals surface area contributed by atoms with Gasteiger partial charge in [0.1, 0.15) is 7.85 Å². The van der Waals surface area contributed by atoms with Crippen molar-refractivity contribution in [3.8, 4) is 22.3 Å². The molecule has 0 aliphatic carbocycles. The lowest BCUT2D eigenvalue weighted by Crippen LogP contribution is -2.11. The quantitative estimate of drug-likeness (QED) is 0.277. The SMILES string of the molecule is [B]c1ccc(N(c2ccc(-c3ccccc3)cc2)c2ccc(-c3ccccc3)cc2)cc1. The smallest absolute Gasteiger partial charge is 0.113 e. The fourth-order valence-electron chi connectivity index (χ4n) is 3.94. The second kappa shape index (κ2) is 8.99. The van der Waals surface area contributed by atoms with Crippen LogP contribution in [0.25, 0.3) is 22.3 Å². The Hall–Kier alpha value is -4.04. The first-order valence-corrected chi connectivity index (χ1v) is 10.7. The van der Waals surface area contributed by atoms with Gasteiger partial charge in [0.15, 0.2) is 0 Å². The van der Waals surface area contributed by atoms with Crippen molar-refractivity contribution in [2.75, 3.05) is 4.90 Å². The molecular formula is C30H22BN. The van der Waals surface area contributed by atoms with Gasteiger partial charge in [0.05, 0.1) is 0 Å². The van der Waals surface area contributed by atoms with Gasteiger partial charge in [-0.2, -0.15) is 0 Å². The minimum absolute atomic E-state index is 0.757. The minimum atomic E-state index is 0.757. The van der Waals surface area contributed by atoms with Crippen LogP contribution in [0.3, 0.4) is 0 Å². The molecule has 0 aromatic heterocycles. The molecule has 5 aromatic carbocycles. The average Bonchev–Trinajstić information content (AvgIpc) is 2.87. The number of rotatable bonds is 5. The molecule has 1 nitrogen and oxygen atoms in total. The van der Waals surface area contributed by atoms with Crippen molar-refractivity contribution in [3.63, 3.8) is 0 Å². The fraction of sp³-hybridized carbons (Fsp3) is 0. The predicted molar refractivity (Wildman–Crippen MR) is 137 cm³/mol. The normalized spacial score (nSPS) is 10.6. The van der Waals surface area contributed by atoms with Crippen molar-refractivity contribution in [3.05, 3.63) is 133 Å². The zero-order valence-electron chi connectivity index (χ0n) is 17.7. The van der Waals surface area contributed by atoms with E-state index in [-0.39, 0.29) is 0 Å². The molecule has 0 N–H and O–H groups in total. The minimum Gasteiger partial charge on any atom is -0.311 e. The van der Waals surface area contributed by atoms with E-state index < -0.39 is 0 Å². The molecule has 2 radical (unpaired) electrons. The van der Waals surface area contributed by atoms with Crippen LogP contribution in [0.1, 0.15) is 0 Å². The highest BCUT2D eigenvalue weighted by molar-refractivity contribution is 6.32. The number of nitrogens with zero attached hydrogens (tertiary/aromatic N) is 1. The third-order valence-corrected chi connectivity index (χ3v) is 5.62. The van der Waals surface area contributed by atoms with E-state index in [0.717, 1.165) is 22.5 Å². The summed E-state index contributed by atoms with van der Waals surface area (Å²) in [6, 6.07) is 46.3. The Morgan fingerprint density at radius 3 is 1.03 bits per heavy atom. The Balaban J connectivity index is 1.53. The molecule has 0 saturated carbocycles. The van der Waals surface area contributed by atoms with Crippen molar-refractivity contribution >= 4 is 30.4 Å². The molecule has 0 atom stereocenters. The first kappa shape index (κ1) is 19.9. The van der Waals surface area contributed by atoms with E-state index >= 15 is 0 Å². The van der Waals surface area contributed by atoms with Crippen LogP contribution >= 0.6 is 0 Å². The van der Waals surface area contributed by atoms with E-state index in [2.05, 4.69) is 114 Å². The summed E-state index contributed by atoms with van der Waals surface area (Å²) in [5.74, 6) is 0. The van der Waals surface area contributed by atoms with E-state index in [0.29, 0.717) is 0 Å². The highest BCUT2D eigenvalue weighted by Gasteiger charge is 2.13. The highest BCUT2D eigenvalue weighted by atomic mass is 15.1. The Kier molecular flexibility index (Phi) is 5.59. The average molecular weight is 407 g/mol. The summed E-state index contributed by atoms with van der Waals surface area (Å²) >= 11 is 0. The fourth-order valence-corrected chi connectivity index (χ4v) is 3.94. The second-order valence-corrected chi connectivity index (χ2v) is 7.75.